The van der Waals surface area contributed by atoms with Crippen LogP contribution >= 0.6 is 0 Å². The minimum Gasteiger partial charge on any atom is -0.341 e. The first-order valence-electron chi connectivity index (χ1n) is 9.10. The Morgan fingerprint density at radius 3 is 2.65 bits per heavy atom. The molecular weight excluding hydrogens is 352 g/mol. The largest absolute Gasteiger partial charge is 0.341 e. The molecule has 0 aliphatic carbocycles. The highest BCUT2D eigenvalue weighted by Gasteiger charge is 2.39. The maximum Gasteiger partial charge on any atom is 0.263 e. The van der Waals surface area contributed by atoms with Crippen LogP contribution in [-0.4, -0.2) is 57.3 Å². The second-order valence-electron chi connectivity index (χ2n) is 7.51. The van der Waals surface area contributed by atoms with Gasteiger partial charge < -0.3 is 10.2 Å². The van der Waals surface area contributed by atoms with Crippen molar-refractivity contribution in [2.75, 3.05) is 26.2 Å². The molecule has 7 nitrogen and oxygen atoms in total. The highest BCUT2D eigenvalue weighted by molar-refractivity contribution is 7.90. The summed E-state index contributed by atoms with van der Waals surface area (Å²) < 4.78 is 26.8. The van der Waals surface area contributed by atoms with Gasteiger partial charge in [-0.1, -0.05) is 12.1 Å². The number of likely N-dealkylation sites (tertiary alicyclic amines) is 1. The number of amides is 1. The van der Waals surface area contributed by atoms with E-state index in [9.17, 15) is 13.2 Å². The fraction of sp³-hybridized carbons (Fsp3) is 0.556. The Morgan fingerprint density at radius 2 is 1.96 bits per heavy atom. The number of benzene rings is 1. The quantitative estimate of drug-likeness (QED) is 0.796. The molecule has 1 atom stereocenters. The minimum atomic E-state index is -3.58. The number of carbonyl (C=O) groups excluding carboxylic acids is 1. The number of sulfonamides is 1. The first-order chi connectivity index (χ1) is 12.4. The lowest BCUT2D eigenvalue weighted by Gasteiger charge is -2.39. The minimum absolute atomic E-state index is 0.0399. The number of piperidine rings is 1. The predicted octanol–water partition coefficient (Wildman–Crippen LogP) is 0.716. The van der Waals surface area contributed by atoms with Gasteiger partial charge in [-0.15, -0.1) is 0 Å². The molecule has 2 N–H and O–H groups in total. The van der Waals surface area contributed by atoms with Crippen LogP contribution in [0.2, 0.25) is 0 Å². The Labute approximate surface area is 153 Å². The van der Waals surface area contributed by atoms with Crippen LogP contribution in [0.15, 0.2) is 34.2 Å². The molecule has 2 saturated heterocycles. The van der Waals surface area contributed by atoms with Gasteiger partial charge in [0, 0.05) is 25.2 Å². The van der Waals surface area contributed by atoms with Gasteiger partial charge in [-0.3, -0.25) is 14.5 Å². The normalized spacial score (nSPS) is 25.9. The van der Waals surface area contributed by atoms with Gasteiger partial charge in [0.05, 0.1) is 4.90 Å². The summed E-state index contributed by atoms with van der Waals surface area (Å²) in [5.74, 6) is 0.219. The topological polar surface area (TPSA) is 90.9 Å². The van der Waals surface area contributed by atoms with E-state index in [4.69, 9.17) is 0 Å². The summed E-state index contributed by atoms with van der Waals surface area (Å²) in [7, 11) is -3.58. The molecular formula is C18H24N4O3S. The summed E-state index contributed by atoms with van der Waals surface area (Å²) in [6.07, 6.45) is 3.22. The number of nitrogens with one attached hydrogen (secondary N) is 2. The molecule has 140 valence electrons. The lowest BCUT2D eigenvalue weighted by atomic mass is 9.78. The zero-order chi connectivity index (χ0) is 18.4. The molecule has 0 aromatic heterocycles. The van der Waals surface area contributed by atoms with Crippen LogP contribution in [-0.2, 0) is 14.8 Å². The monoisotopic (exact) mass is 376 g/mol. The van der Waals surface area contributed by atoms with Crippen molar-refractivity contribution in [1.82, 2.24) is 14.9 Å². The van der Waals surface area contributed by atoms with Crippen LogP contribution in [0.3, 0.4) is 0 Å². The number of hydrogen-bond donors (Lipinski definition) is 2. The van der Waals surface area contributed by atoms with Crippen LogP contribution in [0.25, 0.3) is 0 Å². The van der Waals surface area contributed by atoms with Crippen molar-refractivity contribution in [3.05, 3.63) is 29.8 Å². The highest BCUT2D eigenvalue weighted by atomic mass is 32.2. The van der Waals surface area contributed by atoms with E-state index in [1.54, 1.807) is 31.2 Å². The predicted molar refractivity (Wildman–Crippen MR) is 98.5 cm³/mol. The van der Waals surface area contributed by atoms with Gasteiger partial charge in [0.2, 0.25) is 5.91 Å². The standard InChI is InChI=1S/C18H24N4O3S/c1-13(17(23)22-10-7-18(8-11-22)6-9-19-12-18)20-16-14-4-2-3-5-15(14)26(24,25)21-16/h2-5,13,19H,6-12H2,1H3,(H,20,21). The third-order valence-electron chi connectivity index (χ3n) is 5.81. The number of aliphatic imine (C=N–C) groups is 1. The van der Waals surface area contributed by atoms with Crippen molar-refractivity contribution in [3.63, 3.8) is 0 Å². The number of amidine groups is 1. The third-order valence-corrected chi connectivity index (χ3v) is 7.21. The molecule has 26 heavy (non-hydrogen) atoms. The average molecular weight is 376 g/mol. The molecule has 1 aromatic carbocycles. The van der Waals surface area contributed by atoms with Gasteiger partial charge in [0.1, 0.15) is 11.9 Å². The van der Waals surface area contributed by atoms with Crippen LogP contribution < -0.4 is 10.0 Å². The van der Waals surface area contributed by atoms with E-state index < -0.39 is 16.1 Å². The molecule has 0 radical (unpaired) electrons. The van der Waals surface area contributed by atoms with Crippen molar-refractivity contribution in [1.29, 1.82) is 0 Å². The van der Waals surface area contributed by atoms with Crippen LogP contribution in [0.5, 0.6) is 0 Å². The van der Waals surface area contributed by atoms with E-state index in [0.29, 0.717) is 11.0 Å². The summed E-state index contributed by atoms with van der Waals surface area (Å²) in [5, 5.41) is 3.42. The van der Waals surface area contributed by atoms with Gasteiger partial charge in [0.15, 0.2) is 0 Å². The van der Waals surface area contributed by atoms with E-state index in [1.165, 1.54) is 6.42 Å². The molecule has 0 bridgehead atoms. The molecule has 1 amide bonds. The third kappa shape index (κ3) is 3.01. The average Bonchev–Trinajstić information content (AvgIpc) is 3.18. The maximum absolute atomic E-state index is 12.8. The van der Waals surface area contributed by atoms with E-state index in [1.807, 2.05) is 4.90 Å². The van der Waals surface area contributed by atoms with E-state index in [2.05, 4.69) is 15.0 Å². The van der Waals surface area contributed by atoms with Gasteiger partial charge in [-0.25, -0.2) is 8.42 Å². The molecule has 3 aliphatic heterocycles. The maximum atomic E-state index is 12.8. The Balaban J connectivity index is 1.48. The second-order valence-corrected chi connectivity index (χ2v) is 9.16. The summed E-state index contributed by atoms with van der Waals surface area (Å²) in [6.45, 7) is 5.34. The molecule has 4 rings (SSSR count). The number of hydrogen-bond acceptors (Lipinski definition) is 5. The number of carbonyl (C=O) groups is 1. The molecule has 2 fully saturated rings. The summed E-state index contributed by atoms with van der Waals surface area (Å²) in [4.78, 5) is 19.3. The van der Waals surface area contributed by atoms with Gasteiger partial charge in [0.25, 0.3) is 10.0 Å². The molecule has 1 spiro atoms. The molecule has 3 aliphatic rings. The van der Waals surface area contributed by atoms with Crippen molar-refractivity contribution < 1.29 is 13.2 Å². The zero-order valence-electron chi connectivity index (χ0n) is 14.9. The number of fused-ring (bicyclic) bond motifs is 1. The van der Waals surface area contributed by atoms with Gasteiger partial charge >= 0.3 is 0 Å². The van der Waals surface area contributed by atoms with Crippen molar-refractivity contribution >= 4 is 21.8 Å². The van der Waals surface area contributed by atoms with Crippen LogP contribution in [0.4, 0.5) is 0 Å². The summed E-state index contributed by atoms with van der Waals surface area (Å²) in [5.41, 5.74) is 0.883. The fourth-order valence-electron chi connectivity index (χ4n) is 4.17. The molecule has 0 saturated carbocycles. The SMILES string of the molecule is CC(N=C1NS(=O)(=O)c2ccccc21)C(=O)N1CCC2(CCNC2)CC1. The first kappa shape index (κ1) is 17.5. The van der Waals surface area contributed by atoms with Gasteiger partial charge in [-0.05, 0) is 50.3 Å². The Kier molecular flexibility index (Phi) is 4.27. The first-order valence-corrected chi connectivity index (χ1v) is 10.6. The zero-order valence-corrected chi connectivity index (χ0v) is 15.7. The second kappa shape index (κ2) is 6.35. The van der Waals surface area contributed by atoms with Crippen molar-refractivity contribution in [2.45, 2.75) is 37.1 Å². The van der Waals surface area contributed by atoms with E-state index in [0.717, 1.165) is 39.0 Å². The van der Waals surface area contributed by atoms with E-state index in [-0.39, 0.29) is 16.6 Å². The Hall–Kier alpha value is -1.93. The highest BCUT2D eigenvalue weighted by Crippen LogP contribution is 2.37. The molecule has 3 heterocycles. The van der Waals surface area contributed by atoms with Crippen LogP contribution in [0.1, 0.15) is 31.7 Å². The van der Waals surface area contributed by atoms with Crippen molar-refractivity contribution in [3.8, 4) is 0 Å². The van der Waals surface area contributed by atoms with Crippen molar-refractivity contribution in [2.24, 2.45) is 10.4 Å². The summed E-state index contributed by atoms with van der Waals surface area (Å²) >= 11 is 0. The lowest BCUT2D eigenvalue weighted by molar-refractivity contribution is -0.134. The molecule has 8 heteroatoms. The van der Waals surface area contributed by atoms with Gasteiger partial charge in [-0.2, -0.15) is 0 Å². The fourth-order valence-corrected chi connectivity index (χ4v) is 5.41. The number of nitrogens with zero attached hydrogens (tertiary/aromatic N) is 2. The lowest BCUT2D eigenvalue weighted by Crippen LogP contribution is -2.47. The van der Waals surface area contributed by atoms with Crippen LogP contribution in [0, 0.1) is 5.41 Å². The van der Waals surface area contributed by atoms with E-state index >= 15 is 0 Å². The molecule has 1 unspecified atom stereocenters. The summed E-state index contributed by atoms with van der Waals surface area (Å²) in [6, 6.07) is 6.09. The smallest absolute Gasteiger partial charge is 0.263 e. The molecule has 1 aromatic rings. The number of rotatable bonds is 2. The Morgan fingerprint density at radius 1 is 1.23 bits per heavy atom. The Bertz CT molecular complexity index is 849.